The SMILES string of the molecule is CCn1ncnc1CC(C)C1CCCNC1. The minimum absolute atomic E-state index is 0.697. The lowest BCUT2D eigenvalue weighted by Crippen LogP contribution is -2.34. The number of nitrogens with zero attached hydrogens (tertiary/aromatic N) is 3. The highest BCUT2D eigenvalue weighted by Crippen LogP contribution is 2.22. The van der Waals surface area contributed by atoms with Crippen molar-refractivity contribution in [2.75, 3.05) is 13.1 Å². The van der Waals surface area contributed by atoms with Crippen molar-refractivity contribution >= 4 is 0 Å². The van der Waals surface area contributed by atoms with Gasteiger partial charge in [-0.15, -0.1) is 0 Å². The summed E-state index contributed by atoms with van der Waals surface area (Å²) in [6.45, 7) is 7.73. The zero-order valence-electron chi connectivity index (χ0n) is 10.3. The number of aryl methyl sites for hydroxylation is 1. The molecule has 0 spiro atoms. The third-order valence-electron chi connectivity index (χ3n) is 3.64. The molecule has 1 aliphatic heterocycles. The van der Waals surface area contributed by atoms with Gasteiger partial charge in [-0.05, 0) is 44.7 Å². The molecule has 4 heteroatoms. The third-order valence-corrected chi connectivity index (χ3v) is 3.64. The Morgan fingerprint density at radius 1 is 1.62 bits per heavy atom. The van der Waals surface area contributed by atoms with Gasteiger partial charge >= 0.3 is 0 Å². The van der Waals surface area contributed by atoms with Crippen LogP contribution in [-0.2, 0) is 13.0 Å². The Morgan fingerprint density at radius 2 is 2.50 bits per heavy atom. The minimum Gasteiger partial charge on any atom is -0.316 e. The fraction of sp³-hybridized carbons (Fsp3) is 0.833. The minimum atomic E-state index is 0.697. The van der Waals surface area contributed by atoms with E-state index in [2.05, 4.69) is 29.2 Å². The molecule has 0 saturated carbocycles. The number of hydrogen-bond donors (Lipinski definition) is 1. The molecule has 1 aliphatic rings. The van der Waals surface area contributed by atoms with Crippen LogP contribution >= 0.6 is 0 Å². The van der Waals surface area contributed by atoms with Crippen molar-refractivity contribution in [2.24, 2.45) is 11.8 Å². The van der Waals surface area contributed by atoms with E-state index in [1.807, 2.05) is 4.68 Å². The molecule has 1 fully saturated rings. The Hall–Kier alpha value is -0.900. The van der Waals surface area contributed by atoms with Crippen LogP contribution in [0.3, 0.4) is 0 Å². The van der Waals surface area contributed by atoms with Crippen molar-refractivity contribution in [1.82, 2.24) is 20.1 Å². The largest absolute Gasteiger partial charge is 0.316 e. The van der Waals surface area contributed by atoms with Gasteiger partial charge in [-0.2, -0.15) is 5.10 Å². The Balaban J connectivity index is 1.93. The monoisotopic (exact) mass is 222 g/mol. The fourth-order valence-electron chi connectivity index (χ4n) is 2.53. The van der Waals surface area contributed by atoms with Gasteiger partial charge in [-0.3, -0.25) is 4.68 Å². The maximum Gasteiger partial charge on any atom is 0.138 e. The Labute approximate surface area is 97.5 Å². The molecule has 2 unspecified atom stereocenters. The van der Waals surface area contributed by atoms with Gasteiger partial charge in [-0.25, -0.2) is 4.98 Å². The van der Waals surface area contributed by atoms with E-state index in [0.29, 0.717) is 5.92 Å². The summed E-state index contributed by atoms with van der Waals surface area (Å²) in [7, 11) is 0. The summed E-state index contributed by atoms with van der Waals surface area (Å²) in [4.78, 5) is 4.35. The fourth-order valence-corrected chi connectivity index (χ4v) is 2.53. The lowest BCUT2D eigenvalue weighted by atomic mass is 9.85. The molecule has 0 bridgehead atoms. The molecule has 0 aromatic carbocycles. The van der Waals surface area contributed by atoms with Crippen LogP contribution in [0.1, 0.15) is 32.5 Å². The summed E-state index contributed by atoms with van der Waals surface area (Å²) in [6, 6.07) is 0. The Bertz CT molecular complexity index is 315. The standard InChI is InChI=1S/C12H22N4/c1-3-16-12(14-9-15-16)7-10(2)11-5-4-6-13-8-11/h9-11,13H,3-8H2,1-2H3. The van der Waals surface area contributed by atoms with E-state index in [-0.39, 0.29) is 0 Å². The van der Waals surface area contributed by atoms with Gasteiger partial charge in [0.1, 0.15) is 12.2 Å². The predicted octanol–water partition coefficient (Wildman–Crippen LogP) is 1.48. The van der Waals surface area contributed by atoms with Crippen molar-refractivity contribution in [3.05, 3.63) is 12.2 Å². The lowest BCUT2D eigenvalue weighted by Gasteiger charge is -2.28. The average molecular weight is 222 g/mol. The van der Waals surface area contributed by atoms with Crippen molar-refractivity contribution in [1.29, 1.82) is 0 Å². The van der Waals surface area contributed by atoms with Gasteiger partial charge < -0.3 is 5.32 Å². The molecule has 2 rings (SSSR count). The zero-order chi connectivity index (χ0) is 11.4. The molecule has 2 atom stereocenters. The van der Waals surface area contributed by atoms with Gasteiger partial charge in [0.15, 0.2) is 0 Å². The maximum atomic E-state index is 4.35. The number of aromatic nitrogens is 3. The normalized spacial score (nSPS) is 23.2. The van der Waals surface area contributed by atoms with Crippen molar-refractivity contribution in [3.63, 3.8) is 0 Å². The predicted molar refractivity (Wildman–Crippen MR) is 64.2 cm³/mol. The Kier molecular flexibility index (Phi) is 3.93. The van der Waals surface area contributed by atoms with Gasteiger partial charge in [0.2, 0.25) is 0 Å². The van der Waals surface area contributed by atoms with Crippen LogP contribution in [0.2, 0.25) is 0 Å². The molecule has 0 amide bonds. The summed E-state index contributed by atoms with van der Waals surface area (Å²) in [5.41, 5.74) is 0. The third kappa shape index (κ3) is 2.61. The van der Waals surface area contributed by atoms with Crippen LogP contribution < -0.4 is 5.32 Å². The molecule has 1 aromatic rings. The molecular formula is C12H22N4. The number of hydrogen-bond acceptors (Lipinski definition) is 3. The van der Waals surface area contributed by atoms with Crippen molar-refractivity contribution in [2.45, 2.75) is 39.7 Å². The van der Waals surface area contributed by atoms with Gasteiger partial charge in [0.25, 0.3) is 0 Å². The van der Waals surface area contributed by atoms with E-state index in [1.165, 1.54) is 25.9 Å². The smallest absolute Gasteiger partial charge is 0.138 e. The van der Waals surface area contributed by atoms with Crippen LogP contribution in [0.25, 0.3) is 0 Å². The highest BCUT2D eigenvalue weighted by Gasteiger charge is 2.21. The van der Waals surface area contributed by atoms with E-state index >= 15 is 0 Å². The molecule has 1 N–H and O–H groups in total. The van der Waals surface area contributed by atoms with Crippen LogP contribution in [0.5, 0.6) is 0 Å². The molecule has 1 saturated heterocycles. The highest BCUT2D eigenvalue weighted by atomic mass is 15.3. The molecule has 4 nitrogen and oxygen atoms in total. The first-order valence-corrected chi connectivity index (χ1v) is 6.38. The van der Waals surface area contributed by atoms with Crippen LogP contribution in [-0.4, -0.2) is 27.9 Å². The van der Waals surface area contributed by atoms with Crippen LogP contribution in [0.15, 0.2) is 6.33 Å². The first kappa shape index (κ1) is 11.6. The number of rotatable bonds is 4. The second kappa shape index (κ2) is 5.43. The van der Waals surface area contributed by atoms with Gasteiger partial charge in [0, 0.05) is 13.0 Å². The molecule has 0 radical (unpaired) electrons. The maximum absolute atomic E-state index is 4.35. The quantitative estimate of drug-likeness (QED) is 0.839. The summed E-state index contributed by atoms with van der Waals surface area (Å²) in [5, 5.41) is 7.70. The first-order valence-electron chi connectivity index (χ1n) is 6.38. The summed E-state index contributed by atoms with van der Waals surface area (Å²) in [5.74, 6) is 2.64. The van der Waals surface area contributed by atoms with Gasteiger partial charge in [-0.1, -0.05) is 6.92 Å². The van der Waals surface area contributed by atoms with E-state index < -0.39 is 0 Å². The first-order chi connectivity index (χ1) is 7.81. The molecular weight excluding hydrogens is 200 g/mol. The summed E-state index contributed by atoms with van der Waals surface area (Å²) < 4.78 is 2.01. The van der Waals surface area contributed by atoms with E-state index in [4.69, 9.17) is 0 Å². The molecule has 16 heavy (non-hydrogen) atoms. The number of piperidine rings is 1. The van der Waals surface area contributed by atoms with E-state index in [0.717, 1.165) is 24.7 Å². The summed E-state index contributed by atoms with van der Waals surface area (Å²) >= 11 is 0. The second-order valence-corrected chi connectivity index (χ2v) is 4.78. The van der Waals surface area contributed by atoms with E-state index in [9.17, 15) is 0 Å². The Morgan fingerprint density at radius 3 is 3.19 bits per heavy atom. The van der Waals surface area contributed by atoms with Crippen LogP contribution in [0, 0.1) is 11.8 Å². The lowest BCUT2D eigenvalue weighted by molar-refractivity contribution is 0.273. The molecule has 0 aliphatic carbocycles. The van der Waals surface area contributed by atoms with E-state index in [1.54, 1.807) is 6.33 Å². The van der Waals surface area contributed by atoms with Crippen molar-refractivity contribution < 1.29 is 0 Å². The topological polar surface area (TPSA) is 42.7 Å². The number of nitrogens with one attached hydrogen (secondary N) is 1. The highest BCUT2D eigenvalue weighted by molar-refractivity contribution is 4.89. The average Bonchev–Trinajstić information content (AvgIpc) is 2.77. The molecule has 1 aromatic heterocycles. The zero-order valence-corrected chi connectivity index (χ0v) is 10.3. The molecule has 90 valence electrons. The van der Waals surface area contributed by atoms with Gasteiger partial charge in [0.05, 0.1) is 0 Å². The second-order valence-electron chi connectivity index (χ2n) is 4.78. The molecule has 2 heterocycles. The van der Waals surface area contributed by atoms with Crippen LogP contribution in [0.4, 0.5) is 0 Å². The van der Waals surface area contributed by atoms with Crippen molar-refractivity contribution in [3.8, 4) is 0 Å². The summed E-state index contributed by atoms with van der Waals surface area (Å²) in [6.07, 6.45) is 5.40.